The average Bonchev–Trinajstić information content (AvgIpc) is 2.55. The SMILES string of the molecule is O=C([O-])CC(NC(=O)Cc1ccccc1)c1cccc([N+](=O)[O-])c1. The quantitative estimate of drug-likeness (QED) is 0.605. The van der Waals surface area contributed by atoms with Crippen LogP contribution in [0, 0.1) is 10.1 Å². The third kappa shape index (κ3) is 4.91. The average molecular weight is 327 g/mol. The predicted molar refractivity (Wildman–Crippen MR) is 83.8 cm³/mol. The highest BCUT2D eigenvalue weighted by molar-refractivity contribution is 5.79. The Morgan fingerprint density at radius 2 is 1.79 bits per heavy atom. The monoisotopic (exact) mass is 327 g/mol. The van der Waals surface area contributed by atoms with Crippen LogP contribution in [0.5, 0.6) is 0 Å². The molecule has 7 heteroatoms. The van der Waals surface area contributed by atoms with Crippen molar-refractivity contribution in [3.8, 4) is 0 Å². The fourth-order valence-electron chi connectivity index (χ4n) is 2.30. The number of nitro groups is 1. The molecule has 0 aliphatic carbocycles. The summed E-state index contributed by atoms with van der Waals surface area (Å²) in [4.78, 5) is 33.4. The third-order valence-corrected chi connectivity index (χ3v) is 3.40. The summed E-state index contributed by atoms with van der Waals surface area (Å²) in [5, 5.41) is 24.4. The van der Waals surface area contributed by atoms with Gasteiger partial charge in [0.1, 0.15) is 0 Å². The van der Waals surface area contributed by atoms with Crippen molar-refractivity contribution in [3.63, 3.8) is 0 Å². The number of carbonyl (C=O) groups is 2. The van der Waals surface area contributed by atoms with Crippen molar-refractivity contribution in [2.24, 2.45) is 0 Å². The number of carboxylic acids is 1. The largest absolute Gasteiger partial charge is 0.550 e. The number of hydrogen-bond donors (Lipinski definition) is 1. The van der Waals surface area contributed by atoms with Gasteiger partial charge < -0.3 is 15.2 Å². The van der Waals surface area contributed by atoms with E-state index >= 15 is 0 Å². The summed E-state index contributed by atoms with van der Waals surface area (Å²) in [7, 11) is 0. The number of carboxylic acid groups (broad SMARTS) is 1. The van der Waals surface area contributed by atoms with Crippen molar-refractivity contribution >= 4 is 17.6 Å². The molecule has 124 valence electrons. The number of rotatable bonds is 7. The lowest BCUT2D eigenvalue weighted by atomic mass is 10.0. The molecule has 1 amide bonds. The first-order chi connectivity index (χ1) is 11.5. The maximum atomic E-state index is 12.1. The zero-order valence-corrected chi connectivity index (χ0v) is 12.7. The first-order valence-electron chi connectivity index (χ1n) is 7.23. The van der Waals surface area contributed by atoms with Crippen molar-refractivity contribution in [1.82, 2.24) is 5.32 Å². The normalized spacial score (nSPS) is 11.5. The first-order valence-corrected chi connectivity index (χ1v) is 7.23. The Bertz CT molecular complexity index is 746. The second-order valence-corrected chi connectivity index (χ2v) is 5.21. The molecule has 0 aromatic heterocycles. The molecular formula is C17H15N2O5-. The summed E-state index contributed by atoms with van der Waals surface area (Å²) in [5.41, 5.74) is 0.948. The van der Waals surface area contributed by atoms with Crippen LogP contribution in [0.2, 0.25) is 0 Å². The Labute approximate surface area is 138 Å². The lowest BCUT2D eigenvalue weighted by Gasteiger charge is -2.19. The summed E-state index contributed by atoms with van der Waals surface area (Å²) in [6, 6.07) is 13.6. The number of nitro benzene ring substituents is 1. The van der Waals surface area contributed by atoms with Crippen LogP contribution in [-0.2, 0) is 16.0 Å². The molecule has 0 fully saturated rings. The van der Waals surface area contributed by atoms with E-state index in [1.165, 1.54) is 24.3 Å². The molecule has 0 saturated carbocycles. The van der Waals surface area contributed by atoms with Crippen LogP contribution in [0.25, 0.3) is 0 Å². The number of hydrogen-bond acceptors (Lipinski definition) is 5. The number of benzene rings is 2. The van der Waals surface area contributed by atoms with Gasteiger partial charge in [-0.15, -0.1) is 0 Å². The molecule has 1 atom stereocenters. The zero-order valence-electron chi connectivity index (χ0n) is 12.7. The smallest absolute Gasteiger partial charge is 0.269 e. The van der Waals surface area contributed by atoms with E-state index in [1.807, 2.05) is 6.07 Å². The van der Waals surface area contributed by atoms with Gasteiger partial charge in [0, 0.05) is 24.5 Å². The fraction of sp³-hybridized carbons (Fsp3) is 0.176. The van der Waals surface area contributed by atoms with E-state index in [4.69, 9.17) is 0 Å². The number of aliphatic carboxylic acids is 1. The molecular weight excluding hydrogens is 312 g/mol. The van der Waals surface area contributed by atoms with Gasteiger partial charge in [-0.3, -0.25) is 14.9 Å². The standard InChI is InChI=1S/C17H16N2O5/c20-16(9-12-5-2-1-3-6-12)18-15(11-17(21)22)13-7-4-8-14(10-13)19(23)24/h1-8,10,15H,9,11H2,(H,18,20)(H,21,22)/p-1. The minimum absolute atomic E-state index is 0.0827. The molecule has 0 saturated heterocycles. The van der Waals surface area contributed by atoms with E-state index in [1.54, 1.807) is 24.3 Å². The number of nitrogens with one attached hydrogen (secondary N) is 1. The topological polar surface area (TPSA) is 112 Å². The van der Waals surface area contributed by atoms with Gasteiger partial charge in [0.05, 0.1) is 17.4 Å². The molecule has 2 aromatic rings. The summed E-state index contributed by atoms with van der Waals surface area (Å²) in [6.07, 6.45) is -0.388. The van der Waals surface area contributed by atoms with Crippen molar-refractivity contribution in [3.05, 3.63) is 75.8 Å². The molecule has 0 aliphatic heterocycles. The number of non-ortho nitro benzene ring substituents is 1. The molecule has 1 N–H and O–H groups in total. The summed E-state index contributed by atoms with van der Waals surface area (Å²) < 4.78 is 0. The van der Waals surface area contributed by atoms with Gasteiger partial charge in [-0.2, -0.15) is 0 Å². The van der Waals surface area contributed by atoms with Gasteiger partial charge >= 0.3 is 0 Å². The second-order valence-electron chi connectivity index (χ2n) is 5.21. The summed E-state index contributed by atoms with van der Waals surface area (Å²) >= 11 is 0. The first kappa shape index (κ1) is 17.1. The molecule has 0 heterocycles. The van der Waals surface area contributed by atoms with Crippen molar-refractivity contribution in [1.29, 1.82) is 0 Å². The Balaban J connectivity index is 2.16. The van der Waals surface area contributed by atoms with Gasteiger partial charge in [-0.25, -0.2) is 0 Å². The fourth-order valence-corrected chi connectivity index (χ4v) is 2.30. The molecule has 1 unspecified atom stereocenters. The van der Waals surface area contributed by atoms with E-state index in [-0.39, 0.29) is 18.0 Å². The Morgan fingerprint density at radius 1 is 1.08 bits per heavy atom. The molecule has 2 aromatic carbocycles. The van der Waals surface area contributed by atoms with Crippen molar-refractivity contribution in [2.45, 2.75) is 18.9 Å². The highest BCUT2D eigenvalue weighted by Crippen LogP contribution is 2.21. The van der Waals surface area contributed by atoms with E-state index < -0.39 is 23.4 Å². The molecule has 7 nitrogen and oxygen atoms in total. The van der Waals surface area contributed by atoms with Crippen molar-refractivity contribution in [2.75, 3.05) is 0 Å². The zero-order chi connectivity index (χ0) is 17.5. The molecule has 0 spiro atoms. The van der Waals surface area contributed by atoms with E-state index in [0.29, 0.717) is 5.56 Å². The summed E-state index contributed by atoms with van der Waals surface area (Å²) in [6.45, 7) is 0. The molecule has 24 heavy (non-hydrogen) atoms. The lowest BCUT2D eigenvalue weighted by molar-refractivity contribution is -0.385. The van der Waals surface area contributed by atoms with E-state index in [9.17, 15) is 24.8 Å². The third-order valence-electron chi connectivity index (χ3n) is 3.40. The maximum absolute atomic E-state index is 12.1. The predicted octanol–water partition coefficient (Wildman–Crippen LogP) is 1.13. The molecule has 0 aliphatic rings. The van der Waals surface area contributed by atoms with Crippen LogP contribution in [0.3, 0.4) is 0 Å². The molecule has 0 radical (unpaired) electrons. The Hall–Kier alpha value is -3.22. The van der Waals surface area contributed by atoms with E-state index in [0.717, 1.165) is 5.56 Å². The summed E-state index contributed by atoms with van der Waals surface area (Å²) in [5.74, 6) is -1.73. The van der Waals surface area contributed by atoms with Crippen LogP contribution >= 0.6 is 0 Å². The van der Waals surface area contributed by atoms with Crippen molar-refractivity contribution < 1.29 is 19.6 Å². The van der Waals surface area contributed by atoms with Gasteiger partial charge in [0.25, 0.3) is 5.69 Å². The highest BCUT2D eigenvalue weighted by Gasteiger charge is 2.18. The minimum atomic E-state index is -1.36. The number of nitrogens with zero attached hydrogens (tertiary/aromatic N) is 1. The van der Waals surface area contributed by atoms with Crippen LogP contribution in [-0.4, -0.2) is 16.8 Å². The van der Waals surface area contributed by atoms with Gasteiger partial charge in [-0.1, -0.05) is 42.5 Å². The highest BCUT2D eigenvalue weighted by atomic mass is 16.6. The van der Waals surface area contributed by atoms with Gasteiger partial charge in [-0.05, 0) is 11.1 Å². The maximum Gasteiger partial charge on any atom is 0.269 e. The van der Waals surface area contributed by atoms with Gasteiger partial charge in [0.15, 0.2) is 0 Å². The van der Waals surface area contributed by atoms with Gasteiger partial charge in [0.2, 0.25) is 5.91 Å². The van der Waals surface area contributed by atoms with E-state index in [2.05, 4.69) is 5.32 Å². The Morgan fingerprint density at radius 3 is 2.42 bits per heavy atom. The Kier molecular flexibility index (Phi) is 5.62. The van der Waals surface area contributed by atoms with Crippen LogP contribution in [0.15, 0.2) is 54.6 Å². The molecule has 0 bridgehead atoms. The van der Waals surface area contributed by atoms with Crippen LogP contribution in [0.4, 0.5) is 5.69 Å². The number of carbonyl (C=O) groups excluding carboxylic acids is 2. The molecule has 2 rings (SSSR count). The lowest BCUT2D eigenvalue weighted by Crippen LogP contribution is -2.35. The van der Waals surface area contributed by atoms with Crippen LogP contribution in [0.1, 0.15) is 23.6 Å². The minimum Gasteiger partial charge on any atom is -0.550 e. The number of amides is 1. The second kappa shape index (κ2) is 7.87. The van der Waals surface area contributed by atoms with Crippen LogP contribution < -0.4 is 10.4 Å².